The number of thioether (sulfide) groups is 4. The monoisotopic (exact) mass is 947 g/mol. The minimum absolute atomic E-state index is 0.00633. The van der Waals surface area contributed by atoms with E-state index in [0.717, 1.165) is 72.0 Å². The Kier molecular flexibility index (Phi) is 20.8. The van der Waals surface area contributed by atoms with E-state index in [9.17, 15) is 38.8 Å². The number of benzene rings is 1. The second-order valence-electron chi connectivity index (χ2n) is 13.2. The van der Waals surface area contributed by atoms with Crippen molar-refractivity contribution < 1.29 is 66.7 Å². The zero-order valence-electron chi connectivity index (χ0n) is 35.3. The Hall–Kier alpha value is -5.04. The van der Waals surface area contributed by atoms with Crippen molar-refractivity contribution in [2.45, 2.75) is 91.7 Å². The summed E-state index contributed by atoms with van der Waals surface area (Å²) in [5.41, 5.74) is -0.212. The molecule has 0 atom stereocenters. The van der Waals surface area contributed by atoms with Gasteiger partial charge in [-0.25, -0.2) is 24.4 Å². The van der Waals surface area contributed by atoms with Crippen LogP contribution in [0.5, 0.6) is 11.5 Å². The van der Waals surface area contributed by atoms with E-state index in [1.807, 2.05) is 19.9 Å². The molecule has 1 fully saturated rings. The maximum atomic E-state index is 14.1. The van der Waals surface area contributed by atoms with Crippen molar-refractivity contribution in [2.24, 2.45) is 0 Å². The topological polar surface area (TPSA) is 214 Å². The number of fused-ring (bicyclic) bond motifs is 2. The first-order chi connectivity index (χ1) is 30.4. The van der Waals surface area contributed by atoms with Crippen LogP contribution in [0.2, 0.25) is 0 Å². The average Bonchev–Trinajstić information content (AvgIpc) is 3.96. The summed E-state index contributed by atoms with van der Waals surface area (Å²) < 4.78 is 38.7. The number of hydrogen-bond acceptors (Lipinski definition) is 19. The summed E-state index contributed by atoms with van der Waals surface area (Å²) >= 11 is 4.51. The van der Waals surface area contributed by atoms with E-state index in [4.69, 9.17) is 33.2 Å². The summed E-state index contributed by atoms with van der Waals surface area (Å²) in [6, 6.07) is 1.95. The lowest BCUT2D eigenvalue weighted by molar-refractivity contribution is -0.149. The Morgan fingerprint density at radius 3 is 1.44 bits per heavy atom. The molecule has 0 radical (unpaired) electrons. The highest BCUT2D eigenvalue weighted by molar-refractivity contribution is 8.26. The molecular formula is C42H49N3O14S4. The predicted molar refractivity (Wildman–Crippen MR) is 233 cm³/mol. The Labute approximate surface area is 382 Å². The highest BCUT2D eigenvalue weighted by Crippen LogP contribution is 2.68. The Balaban J connectivity index is 1.70. The third-order valence-electron chi connectivity index (χ3n) is 8.71. The van der Waals surface area contributed by atoms with Gasteiger partial charge in [0.1, 0.15) is 49.6 Å². The molecule has 1 saturated heterocycles. The van der Waals surface area contributed by atoms with Crippen LogP contribution in [-0.2, 0) is 57.2 Å². The smallest absolute Gasteiger partial charge is 0.350 e. The fourth-order valence-corrected chi connectivity index (χ4v) is 11.2. The van der Waals surface area contributed by atoms with Crippen molar-refractivity contribution >= 4 is 88.7 Å². The lowest BCUT2D eigenvalue weighted by atomic mass is 10.3. The molecule has 3 aliphatic heterocycles. The van der Waals surface area contributed by atoms with E-state index in [-0.39, 0.29) is 83.1 Å². The van der Waals surface area contributed by atoms with E-state index in [1.54, 1.807) is 6.92 Å². The minimum atomic E-state index is -0.815. The lowest BCUT2D eigenvalue weighted by Gasteiger charge is -2.27. The molecule has 4 rings (SSSR count). The van der Waals surface area contributed by atoms with E-state index < -0.39 is 41.7 Å². The number of nitrogens with zero attached hydrogens (tertiary/aromatic N) is 3. The van der Waals surface area contributed by atoms with Crippen LogP contribution in [0, 0.1) is 11.3 Å². The summed E-state index contributed by atoms with van der Waals surface area (Å²) in [5, 5.41) is 13.1. The van der Waals surface area contributed by atoms with Crippen LogP contribution in [0.3, 0.4) is 0 Å². The zero-order chi connectivity index (χ0) is 45.9. The molecule has 0 bridgehead atoms. The van der Waals surface area contributed by atoms with Crippen molar-refractivity contribution in [3.05, 3.63) is 44.9 Å². The SMILES string of the molecule is C=CC(=O)OCCOC(=O)CCCOc1c2c(c(OCCCC(=O)OCCOC(=O)C=C)c3c1SC(=C1C(=O)N(CCCC)N(CCCC)C1=O)S3)SC(=C(C#N)C(=O)OCC)S2. The predicted octanol–water partition coefficient (Wildman–Crippen LogP) is 6.64. The van der Waals surface area contributed by atoms with Crippen LogP contribution in [0.25, 0.3) is 0 Å². The number of hydrazine groups is 1. The fourth-order valence-electron chi connectivity index (χ4n) is 5.69. The van der Waals surface area contributed by atoms with Gasteiger partial charge in [-0.15, -0.1) is 0 Å². The Bertz CT molecular complexity index is 1950. The molecule has 63 heavy (non-hydrogen) atoms. The van der Waals surface area contributed by atoms with Gasteiger partial charge in [-0.1, -0.05) is 86.9 Å². The van der Waals surface area contributed by atoms with Crippen molar-refractivity contribution in [3.63, 3.8) is 0 Å². The molecule has 17 nitrogen and oxygen atoms in total. The lowest BCUT2D eigenvalue weighted by Crippen LogP contribution is -2.42. The average molecular weight is 948 g/mol. The summed E-state index contributed by atoms with van der Waals surface area (Å²) in [6.07, 6.45) is 5.34. The third kappa shape index (κ3) is 13.7. The third-order valence-corrected chi connectivity index (χ3v) is 13.9. The molecule has 0 saturated carbocycles. The Morgan fingerprint density at radius 2 is 1.05 bits per heavy atom. The molecule has 3 aliphatic rings. The molecule has 3 heterocycles. The molecule has 1 aromatic rings. The van der Waals surface area contributed by atoms with E-state index in [0.29, 0.717) is 65.5 Å². The summed E-state index contributed by atoms with van der Waals surface area (Å²) in [4.78, 5) is 90.6. The van der Waals surface area contributed by atoms with Gasteiger partial charge in [0, 0.05) is 38.1 Å². The van der Waals surface area contributed by atoms with Gasteiger partial charge in [0.25, 0.3) is 11.8 Å². The highest BCUT2D eigenvalue weighted by atomic mass is 32.2. The van der Waals surface area contributed by atoms with Crippen molar-refractivity contribution in [1.82, 2.24) is 10.0 Å². The van der Waals surface area contributed by atoms with Gasteiger partial charge in [0.15, 0.2) is 5.57 Å². The highest BCUT2D eigenvalue weighted by Gasteiger charge is 2.46. The normalized spacial score (nSPS) is 13.8. The number of amides is 2. The number of hydrogen-bond donors (Lipinski definition) is 0. The molecule has 0 aliphatic carbocycles. The van der Waals surface area contributed by atoms with E-state index in [1.165, 1.54) is 10.0 Å². The van der Waals surface area contributed by atoms with Crippen molar-refractivity contribution in [2.75, 3.05) is 59.3 Å². The number of ether oxygens (including phenoxy) is 7. The summed E-state index contributed by atoms with van der Waals surface area (Å²) in [5.74, 6) is -3.38. The largest absolute Gasteiger partial charge is 0.491 e. The van der Waals surface area contributed by atoms with Crippen LogP contribution in [0.4, 0.5) is 0 Å². The number of unbranched alkanes of at least 4 members (excludes halogenated alkanes) is 2. The molecule has 0 N–H and O–H groups in total. The Morgan fingerprint density at radius 1 is 0.619 bits per heavy atom. The zero-order valence-corrected chi connectivity index (χ0v) is 38.5. The van der Waals surface area contributed by atoms with E-state index in [2.05, 4.69) is 13.2 Å². The number of carbonyl (C=O) groups excluding carboxylic acids is 7. The maximum Gasteiger partial charge on any atom is 0.350 e. The first-order valence-electron chi connectivity index (χ1n) is 20.2. The minimum Gasteiger partial charge on any atom is -0.491 e. The van der Waals surface area contributed by atoms with Gasteiger partial charge in [0.2, 0.25) is 0 Å². The molecule has 340 valence electrons. The van der Waals surface area contributed by atoms with E-state index >= 15 is 0 Å². The molecule has 0 aromatic heterocycles. The molecule has 0 unspecified atom stereocenters. The number of nitriles is 1. The van der Waals surface area contributed by atoms with Crippen LogP contribution >= 0.6 is 47.0 Å². The van der Waals surface area contributed by atoms with Crippen LogP contribution in [0.1, 0.15) is 72.1 Å². The first kappa shape index (κ1) is 50.6. The second kappa shape index (κ2) is 25.9. The van der Waals surface area contributed by atoms with Crippen molar-refractivity contribution in [3.8, 4) is 17.6 Å². The van der Waals surface area contributed by atoms with Crippen LogP contribution in [0.15, 0.2) is 64.5 Å². The first-order valence-corrected chi connectivity index (χ1v) is 23.5. The molecule has 21 heteroatoms. The number of esters is 5. The van der Waals surface area contributed by atoms with Gasteiger partial charge in [-0.05, 0) is 32.6 Å². The number of rotatable bonds is 26. The quantitative estimate of drug-likeness (QED) is 0.0238. The fraction of sp³-hybridized carbons (Fsp3) is 0.476. The molecule has 1 aromatic carbocycles. The van der Waals surface area contributed by atoms with Crippen LogP contribution in [-0.4, -0.2) is 111 Å². The van der Waals surface area contributed by atoms with Gasteiger partial charge in [-0.2, -0.15) is 5.26 Å². The summed E-state index contributed by atoms with van der Waals surface area (Å²) in [7, 11) is 0. The van der Waals surface area contributed by atoms with Gasteiger partial charge in [-0.3, -0.25) is 19.2 Å². The maximum absolute atomic E-state index is 14.1. The standard InChI is InChI=1S/C42H49N3O14S4/c1-6-11-17-44-38(50)31(39(51)45(44)18-12-7-2)42-62-36-32(58-19-13-15-29(48)56-23-21-54-27(46)8-3)34-35(61-41(60-34)26(25-43)40(52)53-10-5)33(37(36)63-42)59-20-14-16-30(49)57-24-22-55-28(47)9-4/h8-9H,3-4,6-7,10-24H2,1-2,5H3. The summed E-state index contributed by atoms with van der Waals surface area (Å²) in [6.45, 7) is 12.5. The number of carbonyl (C=O) groups is 7. The molecule has 2 amide bonds. The van der Waals surface area contributed by atoms with Gasteiger partial charge < -0.3 is 33.2 Å². The van der Waals surface area contributed by atoms with Crippen molar-refractivity contribution in [1.29, 1.82) is 5.26 Å². The molecule has 0 spiro atoms. The second-order valence-corrected chi connectivity index (χ2v) is 17.8. The van der Waals surface area contributed by atoms with Crippen LogP contribution < -0.4 is 9.47 Å². The van der Waals surface area contributed by atoms with Gasteiger partial charge >= 0.3 is 29.8 Å². The van der Waals surface area contributed by atoms with Gasteiger partial charge in [0.05, 0.1) is 47.9 Å². The molecular weight excluding hydrogens is 899 g/mol.